The molecule has 0 aliphatic heterocycles. The van der Waals surface area contributed by atoms with Gasteiger partial charge < -0.3 is 15.7 Å². The summed E-state index contributed by atoms with van der Waals surface area (Å²) in [5.74, 6) is -1.55. The third-order valence-electron chi connectivity index (χ3n) is 2.74. The number of carboxylic acid groups (broad SMARTS) is 1. The van der Waals surface area contributed by atoms with Gasteiger partial charge in [-0.05, 0) is 44.9 Å². The highest BCUT2D eigenvalue weighted by atomic mass is 19.1. The van der Waals surface area contributed by atoms with E-state index in [2.05, 4.69) is 10.6 Å². The van der Waals surface area contributed by atoms with Gasteiger partial charge in [0.25, 0.3) is 0 Å². The highest BCUT2D eigenvalue weighted by Gasteiger charge is 2.09. The number of halogens is 1. The number of hydrogen-bond acceptors (Lipinski definition) is 3. The summed E-state index contributed by atoms with van der Waals surface area (Å²) in [5.41, 5.74) is 1.05. The minimum absolute atomic E-state index is 0.0490. The zero-order chi connectivity index (χ0) is 15.8. The van der Waals surface area contributed by atoms with Gasteiger partial charge in [-0.2, -0.15) is 0 Å². The van der Waals surface area contributed by atoms with E-state index in [1.807, 2.05) is 13.8 Å². The van der Waals surface area contributed by atoms with Gasteiger partial charge in [0.05, 0.1) is 11.4 Å². The van der Waals surface area contributed by atoms with Gasteiger partial charge in [-0.15, -0.1) is 0 Å². The molecule has 0 spiro atoms. The average Bonchev–Trinajstić information content (AvgIpc) is 2.37. The van der Waals surface area contributed by atoms with Crippen molar-refractivity contribution in [1.82, 2.24) is 0 Å². The Morgan fingerprint density at radius 3 is 2.48 bits per heavy atom. The van der Waals surface area contributed by atoms with Crippen molar-refractivity contribution in [3.63, 3.8) is 0 Å². The normalized spacial score (nSPS) is 10.5. The van der Waals surface area contributed by atoms with Crippen LogP contribution in [0, 0.1) is 5.82 Å². The summed E-state index contributed by atoms with van der Waals surface area (Å²) < 4.78 is 13.3. The summed E-state index contributed by atoms with van der Waals surface area (Å²) in [5, 5.41) is 14.3. The number of amides is 1. The fourth-order valence-corrected chi connectivity index (χ4v) is 1.83. The smallest absolute Gasteiger partial charge is 0.303 e. The summed E-state index contributed by atoms with van der Waals surface area (Å²) in [4.78, 5) is 22.2. The third-order valence-corrected chi connectivity index (χ3v) is 2.74. The van der Waals surface area contributed by atoms with Gasteiger partial charge in [0.2, 0.25) is 5.91 Å². The number of carbonyl (C=O) groups is 2. The van der Waals surface area contributed by atoms with Crippen LogP contribution >= 0.6 is 0 Å². The summed E-state index contributed by atoms with van der Waals surface area (Å²) in [6.45, 7) is 3.89. The minimum Gasteiger partial charge on any atom is -0.481 e. The topological polar surface area (TPSA) is 78.4 Å². The molecule has 0 fully saturated rings. The van der Waals surface area contributed by atoms with E-state index < -0.39 is 11.8 Å². The standard InChI is InChI=1S/C15H21FN2O3/c1-10(2)17-12-8-7-11(16)9-13(12)18-14(19)5-3-4-6-15(20)21/h7-10,17H,3-6H2,1-2H3,(H,18,19)(H,20,21). The lowest BCUT2D eigenvalue weighted by atomic mass is 10.1. The van der Waals surface area contributed by atoms with Crippen LogP contribution in [0.1, 0.15) is 39.5 Å². The predicted molar refractivity (Wildman–Crippen MR) is 79.9 cm³/mol. The van der Waals surface area contributed by atoms with Crippen molar-refractivity contribution in [2.45, 2.75) is 45.6 Å². The Morgan fingerprint density at radius 2 is 1.86 bits per heavy atom. The molecule has 0 saturated heterocycles. The van der Waals surface area contributed by atoms with Gasteiger partial charge >= 0.3 is 5.97 Å². The fourth-order valence-electron chi connectivity index (χ4n) is 1.83. The molecule has 0 atom stereocenters. The van der Waals surface area contributed by atoms with E-state index in [0.717, 1.165) is 0 Å². The van der Waals surface area contributed by atoms with Crippen LogP contribution < -0.4 is 10.6 Å². The maximum atomic E-state index is 13.3. The Balaban J connectivity index is 2.58. The maximum Gasteiger partial charge on any atom is 0.303 e. The number of carbonyl (C=O) groups excluding carboxylic acids is 1. The van der Waals surface area contributed by atoms with E-state index >= 15 is 0 Å². The van der Waals surface area contributed by atoms with Gasteiger partial charge in [-0.3, -0.25) is 9.59 Å². The van der Waals surface area contributed by atoms with Crippen LogP contribution in [0.3, 0.4) is 0 Å². The first-order valence-corrected chi connectivity index (χ1v) is 6.96. The third kappa shape index (κ3) is 6.74. The second-order valence-electron chi connectivity index (χ2n) is 5.14. The van der Waals surface area contributed by atoms with Crippen molar-refractivity contribution in [2.24, 2.45) is 0 Å². The molecule has 1 aromatic rings. The second kappa shape index (κ2) is 8.24. The van der Waals surface area contributed by atoms with Crippen LogP contribution in [0.4, 0.5) is 15.8 Å². The molecule has 0 radical (unpaired) electrons. The number of aliphatic carboxylic acids is 1. The van der Waals surface area contributed by atoms with Crippen molar-refractivity contribution < 1.29 is 19.1 Å². The molecule has 116 valence electrons. The lowest BCUT2D eigenvalue weighted by Crippen LogP contribution is -2.16. The van der Waals surface area contributed by atoms with Crippen molar-refractivity contribution in [1.29, 1.82) is 0 Å². The monoisotopic (exact) mass is 296 g/mol. The quantitative estimate of drug-likeness (QED) is 0.644. The minimum atomic E-state index is -0.871. The Morgan fingerprint density at radius 1 is 1.19 bits per heavy atom. The molecule has 21 heavy (non-hydrogen) atoms. The number of nitrogens with one attached hydrogen (secondary N) is 2. The Kier molecular flexibility index (Phi) is 6.65. The van der Waals surface area contributed by atoms with E-state index in [1.54, 1.807) is 6.07 Å². The molecule has 1 rings (SSSR count). The molecule has 0 aromatic heterocycles. The van der Waals surface area contributed by atoms with Crippen molar-refractivity contribution >= 4 is 23.3 Å². The molecule has 0 bridgehead atoms. The average molecular weight is 296 g/mol. The number of anilines is 2. The van der Waals surface area contributed by atoms with Crippen molar-refractivity contribution in [3.8, 4) is 0 Å². The van der Waals surface area contributed by atoms with E-state index in [1.165, 1.54) is 12.1 Å². The van der Waals surface area contributed by atoms with Gasteiger partial charge in [-0.25, -0.2) is 4.39 Å². The first kappa shape index (κ1) is 16.9. The van der Waals surface area contributed by atoms with Gasteiger partial charge in [0.15, 0.2) is 0 Å². The fraction of sp³-hybridized carbons (Fsp3) is 0.467. The van der Waals surface area contributed by atoms with Crippen molar-refractivity contribution in [2.75, 3.05) is 10.6 Å². The highest BCUT2D eigenvalue weighted by molar-refractivity contribution is 5.94. The first-order chi connectivity index (χ1) is 9.88. The van der Waals surface area contributed by atoms with Crippen LogP contribution in [-0.4, -0.2) is 23.0 Å². The predicted octanol–water partition coefficient (Wildman–Crippen LogP) is 3.23. The molecule has 0 aliphatic rings. The molecule has 5 nitrogen and oxygen atoms in total. The maximum absolute atomic E-state index is 13.3. The second-order valence-corrected chi connectivity index (χ2v) is 5.14. The van der Waals surface area contributed by atoms with Gasteiger partial charge in [-0.1, -0.05) is 0 Å². The number of hydrogen-bond donors (Lipinski definition) is 3. The van der Waals surface area contributed by atoms with E-state index in [4.69, 9.17) is 5.11 Å². The Labute approximate surface area is 123 Å². The molecule has 0 saturated carbocycles. The van der Waals surface area contributed by atoms with E-state index in [-0.39, 0.29) is 24.8 Å². The van der Waals surface area contributed by atoms with Crippen LogP contribution in [-0.2, 0) is 9.59 Å². The summed E-state index contributed by atoms with van der Waals surface area (Å²) in [6.07, 6.45) is 1.20. The van der Waals surface area contributed by atoms with Gasteiger partial charge in [0.1, 0.15) is 5.82 Å². The summed E-state index contributed by atoms with van der Waals surface area (Å²) in [7, 11) is 0. The Hall–Kier alpha value is -2.11. The largest absolute Gasteiger partial charge is 0.481 e. The first-order valence-electron chi connectivity index (χ1n) is 6.96. The SMILES string of the molecule is CC(C)Nc1ccc(F)cc1NC(=O)CCCCC(=O)O. The van der Waals surface area contributed by atoms with Crippen molar-refractivity contribution in [3.05, 3.63) is 24.0 Å². The molecular weight excluding hydrogens is 275 g/mol. The zero-order valence-electron chi connectivity index (χ0n) is 12.3. The lowest BCUT2D eigenvalue weighted by Gasteiger charge is -2.15. The molecule has 1 aromatic carbocycles. The Bertz CT molecular complexity index is 504. The molecule has 3 N–H and O–H groups in total. The van der Waals surface area contributed by atoms with E-state index in [9.17, 15) is 14.0 Å². The number of benzene rings is 1. The number of carboxylic acids is 1. The lowest BCUT2D eigenvalue weighted by molar-refractivity contribution is -0.137. The molecule has 0 unspecified atom stereocenters. The molecule has 0 heterocycles. The zero-order valence-corrected chi connectivity index (χ0v) is 12.3. The number of unbranched alkanes of at least 4 members (excludes halogenated alkanes) is 1. The number of rotatable bonds is 8. The molecule has 0 aliphatic carbocycles. The summed E-state index contributed by atoms with van der Waals surface area (Å²) in [6, 6.07) is 4.32. The molecule has 1 amide bonds. The van der Waals surface area contributed by atoms with Crippen LogP contribution in [0.5, 0.6) is 0 Å². The summed E-state index contributed by atoms with van der Waals surface area (Å²) >= 11 is 0. The van der Waals surface area contributed by atoms with Crippen LogP contribution in [0.15, 0.2) is 18.2 Å². The van der Waals surface area contributed by atoms with Crippen LogP contribution in [0.2, 0.25) is 0 Å². The van der Waals surface area contributed by atoms with Crippen LogP contribution in [0.25, 0.3) is 0 Å². The molecular formula is C15H21FN2O3. The highest BCUT2D eigenvalue weighted by Crippen LogP contribution is 2.24. The molecule has 6 heteroatoms. The van der Waals surface area contributed by atoms with Gasteiger partial charge in [0, 0.05) is 18.9 Å². The van der Waals surface area contributed by atoms with E-state index in [0.29, 0.717) is 24.2 Å².